The van der Waals surface area contributed by atoms with Crippen LogP contribution in [0.25, 0.3) is 0 Å². The van der Waals surface area contributed by atoms with Gasteiger partial charge >= 0.3 is 63.4 Å². The van der Waals surface area contributed by atoms with E-state index in [0.29, 0.717) is 0 Å². The third-order valence-electron chi connectivity index (χ3n) is 0.289. The van der Waals surface area contributed by atoms with Crippen molar-refractivity contribution in [2.24, 2.45) is 0 Å². The fourth-order valence-electron chi connectivity index (χ4n) is 0. The fraction of sp³-hybridized carbons (Fsp3) is 1.00. The maximum atomic E-state index is 2.66. The molecule has 0 heterocycles. The van der Waals surface area contributed by atoms with Crippen molar-refractivity contribution in [1.82, 2.24) is 0 Å². The van der Waals surface area contributed by atoms with Gasteiger partial charge in [-0.3, -0.25) is 0 Å². The van der Waals surface area contributed by atoms with E-state index in [1.807, 2.05) is 0 Å². The average Bonchev–Trinajstić information content (AvgIpc) is 1.69. The predicted molar refractivity (Wildman–Crippen MR) is 37.1 cm³/mol. The van der Waals surface area contributed by atoms with Crippen molar-refractivity contribution in [1.29, 1.82) is 0 Å². The fourth-order valence-corrected chi connectivity index (χ4v) is 0. The smallest absolute Gasteiger partial charge is 1.00 e. The van der Waals surface area contributed by atoms with E-state index >= 15 is 0 Å². The Morgan fingerprint density at radius 3 is 1.00 bits per heavy atom. The molecule has 0 aliphatic carbocycles. The zero-order chi connectivity index (χ0) is 6.12. The van der Waals surface area contributed by atoms with Crippen LogP contribution < -0.4 is 72.8 Å². The van der Waals surface area contributed by atoms with Crippen molar-refractivity contribution in [3.63, 3.8) is 0 Å². The van der Waals surface area contributed by atoms with Crippen molar-refractivity contribution in [3.05, 3.63) is 0 Å². The van der Waals surface area contributed by atoms with Gasteiger partial charge in [0.25, 0.3) is 0 Å². The Balaban J connectivity index is -0.00000000848. The average molecular weight is 451 g/mol. The van der Waals surface area contributed by atoms with Crippen LogP contribution in [0.4, 0.5) is 0 Å². The van der Waals surface area contributed by atoms with Crippen LogP contribution in [0.3, 0.4) is 0 Å². The zero-order valence-electron chi connectivity index (χ0n) is 6.79. The number of rotatable bonds is 1. The summed E-state index contributed by atoms with van der Waals surface area (Å²) >= 11 is 5.23. The molecule has 0 amide bonds. The van der Waals surface area contributed by atoms with Gasteiger partial charge in [0.15, 0.2) is 0 Å². The van der Waals surface area contributed by atoms with E-state index in [1.54, 1.807) is 0 Å². The third kappa shape index (κ3) is 95.9. The van der Waals surface area contributed by atoms with Crippen LogP contribution >= 0.6 is 0 Å². The second-order valence-corrected chi connectivity index (χ2v) is 2.59. The summed E-state index contributed by atoms with van der Waals surface area (Å²) in [6, 6.07) is 0. The maximum absolute atomic E-state index is 2.66. The van der Waals surface area contributed by atoms with Crippen LogP contribution in [0.5, 0.6) is 0 Å². The van der Waals surface area contributed by atoms with Crippen molar-refractivity contribution >= 4 is 32.6 Å². The Bertz CT molecular complexity index is 28.0. The molecule has 0 aliphatic heterocycles. The van der Waals surface area contributed by atoms with Crippen LogP contribution in [0.15, 0.2) is 0 Å². The van der Waals surface area contributed by atoms with Gasteiger partial charge in [-0.05, 0) is 0 Å². The first-order chi connectivity index (χ1) is 3.33. The monoisotopic (exact) mass is 450 g/mol. The Morgan fingerprint density at radius 1 is 0.909 bits per heavy atom. The molecule has 0 saturated carbocycles. The zero-order valence-corrected chi connectivity index (χ0v) is 14.9. The number of halogens is 4. The van der Waals surface area contributed by atoms with Gasteiger partial charge in [-0.1, -0.05) is 0 Å². The molecule has 0 spiro atoms. The van der Waals surface area contributed by atoms with Gasteiger partial charge in [0, 0.05) is 0 Å². The van der Waals surface area contributed by atoms with Gasteiger partial charge in [-0.15, -0.1) is 0 Å². The summed E-state index contributed by atoms with van der Waals surface area (Å²) in [5.41, 5.74) is 0. The Morgan fingerprint density at radius 2 is 1.00 bits per heavy atom. The molecular weight excluding hydrogens is 439 g/mol. The molecule has 0 saturated heterocycles. The summed E-state index contributed by atoms with van der Waals surface area (Å²) < 4.78 is 0. The van der Waals surface area contributed by atoms with E-state index < -0.39 is 0 Å². The molecule has 0 N–H and O–H groups in total. The van der Waals surface area contributed by atoms with Crippen molar-refractivity contribution in [2.45, 2.75) is 30.8 Å². The van der Waals surface area contributed by atoms with Gasteiger partial charge in [0.1, 0.15) is 0 Å². The summed E-state index contributed by atoms with van der Waals surface area (Å²) in [5, 5.41) is 2.40. The molecule has 0 atom stereocenters. The van der Waals surface area contributed by atoms with Gasteiger partial charge in [0.05, 0.1) is 0 Å². The van der Waals surface area contributed by atoms with E-state index in [-0.39, 0.29) is 72.8 Å². The number of hydrogen-bond acceptors (Lipinski definition) is 0. The first kappa shape index (κ1) is 36.9. The molecule has 0 aromatic carbocycles. The van der Waals surface area contributed by atoms with E-state index in [9.17, 15) is 0 Å². The number of hydrogen-bond donors (Lipinski definition) is 0. The molecular formula is C5H12Al2Cl2I2. The second-order valence-electron chi connectivity index (χ2n) is 1.20. The first-order valence-corrected chi connectivity index (χ1v) is 4.36. The van der Waals surface area contributed by atoms with Crippen molar-refractivity contribution in [3.8, 4) is 0 Å². The minimum Gasteiger partial charge on any atom is -1.00 e. The SMILES string of the molecule is CC[CH2][Al+2].C[CH2][Al+2].[Cl-].[Cl-].[I-].[I-]. The molecule has 6 heteroatoms. The maximum Gasteiger partial charge on any atom is -1.00 e. The molecule has 0 unspecified atom stereocenters. The molecule has 0 bridgehead atoms. The second kappa shape index (κ2) is 51.5. The van der Waals surface area contributed by atoms with E-state index in [0.717, 1.165) is 0 Å². The molecule has 0 radical (unpaired) electrons. The standard InChI is InChI=1S/C3H7.C2H5.2Al.2ClH.2HI/c1-3-2;1-2;;;;;;/h1,3H2,2H3;1H2,2H3;;;4*1H/q;;2*+2;;;;/p-4. The molecule has 0 nitrogen and oxygen atoms in total. The van der Waals surface area contributed by atoms with Gasteiger partial charge in [0.2, 0.25) is 0 Å². The topological polar surface area (TPSA) is 0 Å². The summed E-state index contributed by atoms with van der Waals surface area (Å²) in [6.45, 7) is 4.25. The van der Waals surface area contributed by atoms with E-state index in [4.69, 9.17) is 0 Å². The summed E-state index contributed by atoms with van der Waals surface area (Å²) in [5.74, 6) is 0. The third-order valence-corrected chi connectivity index (χ3v) is 0.866. The summed E-state index contributed by atoms with van der Waals surface area (Å²) in [4.78, 5) is 0. The van der Waals surface area contributed by atoms with Gasteiger partial charge in [-0.25, -0.2) is 0 Å². The van der Waals surface area contributed by atoms with Crippen LogP contribution in [-0.2, 0) is 0 Å². The van der Waals surface area contributed by atoms with Crippen molar-refractivity contribution < 1.29 is 72.8 Å². The Labute approximate surface area is 134 Å². The molecule has 0 aromatic heterocycles. The minimum absolute atomic E-state index is 0. The van der Waals surface area contributed by atoms with Crippen LogP contribution in [0.1, 0.15) is 20.3 Å². The summed E-state index contributed by atoms with van der Waals surface area (Å²) in [6.07, 6.45) is 1.28. The molecule has 0 aliphatic rings. The predicted octanol–water partition coefficient (Wildman–Crippen LogP) is -10.4. The molecule has 11 heavy (non-hydrogen) atoms. The largest absolute Gasteiger partial charge is 1.00 e. The molecule has 66 valence electrons. The Kier molecular flexibility index (Phi) is 173. The van der Waals surface area contributed by atoms with Crippen molar-refractivity contribution in [2.75, 3.05) is 0 Å². The normalized spacial score (nSPS) is 4.55. The summed E-state index contributed by atoms with van der Waals surface area (Å²) in [7, 11) is 0. The van der Waals surface area contributed by atoms with Gasteiger partial charge in [-0.2, -0.15) is 0 Å². The molecule has 0 aromatic rings. The first-order valence-electron chi connectivity index (χ1n) is 2.73. The van der Waals surface area contributed by atoms with Crippen LogP contribution in [-0.4, -0.2) is 32.6 Å². The van der Waals surface area contributed by atoms with Crippen LogP contribution in [0.2, 0.25) is 10.6 Å². The minimum atomic E-state index is 0. The Hall–Kier alpha value is 3.10. The van der Waals surface area contributed by atoms with Crippen LogP contribution in [0, 0.1) is 0 Å². The van der Waals surface area contributed by atoms with E-state index in [2.05, 4.69) is 46.4 Å². The quantitative estimate of drug-likeness (QED) is 0.275. The van der Waals surface area contributed by atoms with E-state index in [1.165, 1.54) is 17.0 Å². The molecule has 0 rings (SSSR count). The van der Waals surface area contributed by atoms with Gasteiger partial charge < -0.3 is 72.8 Å². The molecule has 0 fully saturated rings.